The van der Waals surface area contributed by atoms with Gasteiger partial charge in [0.1, 0.15) is 0 Å². The highest BCUT2D eigenvalue weighted by atomic mass is 15.1. The molecular formula is C12H19N3. The van der Waals surface area contributed by atoms with Crippen LogP contribution >= 0.6 is 0 Å². The summed E-state index contributed by atoms with van der Waals surface area (Å²) in [5.74, 6) is 0. The lowest BCUT2D eigenvalue weighted by molar-refractivity contribution is 0.293. The SMILES string of the molecule is CC1(c2cncn2C2CCC2)CCNC1. The summed E-state index contributed by atoms with van der Waals surface area (Å²) in [4.78, 5) is 4.35. The van der Waals surface area contributed by atoms with Crippen LogP contribution in [0.2, 0.25) is 0 Å². The van der Waals surface area contributed by atoms with Gasteiger partial charge in [0, 0.05) is 29.9 Å². The summed E-state index contributed by atoms with van der Waals surface area (Å²) in [6.45, 7) is 4.61. The lowest BCUT2D eigenvalue weighted by Gasteiger charge is -2.33. The number of aromatic nitrogens is 2. The highest BCUT2D eigenvalue weighted by Gasteiger charge is 2.35. The third-order valence-electron chi connectivity index (χ3n) is 4.12. The average molecular weight is 205 g/mol. The van der Waals surface area contributed by atoms with Crippen molar-refractivity contribution in [2.75, 3.05) is 13.1 Å². The van der Waals surface area contributed by atoms with Gasteiger partial charge in [0.2, 0.25) is 0 Å². The Hall–Kier alpha value is -0.830. The smallest absolute Gasteiger partial charge is 0.0950 e. The van der Waals surface area contributed by atoms with Crippen molar-refractivity contribution >= 4 is 0 Å². The lowest BCUT2D eigenvalue weighted by Crippen LogP contribution is -2.30. The molecule has 1 unspecified atom stereocenters. The molecule has 3 nitrogen and oxygen atoms in total. The Bertz CT molecular complexity index is 346. The monoisotopic (exact) mass is 205 g/mol. The minimum atomic E-state index is 0.312. The lowest BCUT2D eigenvalue weighted by atomic mass is 9.84. The number of imidazole rings is 1. The minimum absolute atomic E-state index is 0.312. The Morgan fingerprint density at radius 3 is 3.00 bits per heavy atom. The first-order chi connectivity index (χ1) is 7.30. The van der Waals surface area contributed by atoms with E-state index >= 15 is 0 Å². The first-order valence-corrected chi connectivity index (χ1v) is 6.03. The second kappa shape index (κ2) is 3.34. The summed E-state index contributed by atoms with van der Waals surface area (Å²) in [7, 11) is 0. The van der Waals surface area contributed by atoms with Crippen LogP contribution in [0.1, 0.15) is 44.3 Å². The Morgan fingerprint density at radius 2 is 2.40 bits per heavy atom. The molecule has 2 aliphatic rings. The number of rotatable bonds is 2. The Kier molecular flexibility index (Phi) is 2.09. The summed E-state index contributed by atoms with van der Waals surface area (Å²) in [6.07, 6.45) is 9.41. The van der Waals surface area contributed by atoms with Gasteiger partial charge in [-0.15, -0.1) is 0 Å². The van der Waals surface area contributed by atoms with E-state index in [0.717, 1.165) is 19.1 Å². The van der Waals surface area contributed by atoms with E-state index in [2.05, 4.69) is 28.0 Å². The summed E-state index contributed by atoms with van der Waals surface area (Å²) in [5, 5.41) is 3.46. The first kappa shape index (κ1) is 9.40. The predicted octanol–water partition coefficient (Wildman–Crippen LogP) is 1.86. The number of nitrogens with one attached hydrogen (secondary N) is 1. The first-order valence-electron chi connectivity index (χ1n) is 6.03. The van der Waals surface area contributed by atoms with Gasteiger partial charge in [-0.1, -0.05) is 6.92 Å². The van der Waals surface area contributed by atoms with Crippen LogP contribution in [-0.2, 0) is 5.41 Å². The molecule has 0 amide bonds. The molecule has 1 aliphatic heterocycles. The largest absolute Gasteiger partial charge is 0.331 e. The normalized spacial score (nSPS) is 31.8. The van der Waals surface area contributed by atoms with Crippen molar-refractivity contribution in [3.8, 4) is 0 Å². The van der Waals surface area contributed by atoms with E-state index < -0.39 is 0 Å². The van der Waals surface area contributed by atoms with E-state index in [4.69, 9.17) is 0 Å². The average Bonchev–Trinajstić information content (AvgIpc) is 2.71. The van der Waals surface area contributed by atoms with Crippen LogP contribution in [0, 0.1) is 0 Å². The molecule has 1 saturated heterocycles. The third-order valence-corrected chi connectivity index (χ3v) is 4.12. The molecule has 1 N–H and O–H groups in total. The van der Waals surface area contributed by atoms with Crippen molar-refractivity contribution in [3.63, 3.8) is 0 Å². The van der Waals surface area contributed by atoms with E-state index in [1.807, 2.05) is 6.33 Å². The van der Waals surface area contributed by atoms with Crippen molar-refractivity contribution in [1.29, 1.82) is 0 Å². The molecule has 1 saturated carbocycles. The van der Waals surface area contributed by atoms with Gasteiger partial charge in [0.05, 0.1) is 6.33 Å². The van der Waals surface area contributed by atoms with Crippen LogP contribution in [0.4, 0.5) is 0 Å². The Balaban J connectivity index is 1.93. The van der Waals surface area contributed by atoms with Crippen molar-refractivity contribution in [3.05, 3.63) is 18.2 Å². The van der Waals surface area contributed by atoms with Crippen LogP contribution in [0.3, 0.4) is 0 Å². The predicted molar refractivity (Wildman–Crippen MR) is 60.0 cm³/mol. The molecule has 1 aromatic heterocycles. The molecule has 2 fully saturated rings. The van der Waals surface area contributed by atoms with E-state index in [9.17, 15) is 0 Å². The Labute approximate surface area is 90.9 Å². The molecule has 0 radical (unpaired) electrons. The Morgan fingerprint density at radius 1 is 1.53 bits per heavy atom. The van der Waals surface area contributed by atoms with Gasteiger partial charge in [-0.3, -0.25) is 0 Å². The van der Waals surface area contributed by atoms with Crippen LogP contribution in [0.15, 0.2) is 12.5 Å². The summed E-state index contributed by atoms with van der Waals surface area (Å²) >= 11 is 0. The minimum Gasteiger partial charge on any atom is -0.331 e. The van der Waals surface area contributed by atoms with Crippen molar-refractivity contribution in [1.82, 2.24) is 14.9 Å². The molecule has 82 valence electrons. The summed E-state index contributed by atoms with van der Waals surface area (Å²) < 4.78 is 2.43. The number of nitrogens with zero attached hydrogens (tertiary/aromatic N) is 2. The topological polar surface area (TPSA) is 29.9 Å². The summed E-state index contributed by atoms with van der Waals surface area (Å²) in [5.41, 5.74) is 1.75. The van der Waals surface area contributed by atoms with E-state index in [-0.39, 0.29) is 0 Å². The molecule has 3 heteroatoms. The van der Waals surface area contributed by atoms with Crippen LogP contribution in [0.5, 0.6) is 0 Å². The van der Waals surface area contributed by atoms with Crippen LogP contribution < -0.4 is 5.32 Å². The van der Waals surface area contributed by atoms with Gasteiger partial charge < -0.3 is 9.88 Å². The molecule has 2 heterocycles. The molecule has 0 bridgehead atoms. The zero-order chi connectivity index (χ0) is 10.3. The number of hydrogen-bond acceptors (Lipinski definition) is 2. The maximum atomic E-state index is 4.35. The molecule has 1 aliphatic carbocycles. The standard InChI is InChI=1S/C12H19N3/c1-12(5-6-13-8-12)11-7-14-9-15(11)10-3-2-4-10/h7,9-10,13H,2-6,8H2,1H3. The fourth-order valence-corrected chi connectivity index (χ4v) is 2.76. The van der Waals surface area contributed by atoms with Gasteiger partial charge in [0.25, 0.3) is 0 Å². The molecule has 0 spiro atoms. The fraction of sp³-hybridized carbons (Fsp3) is 0.750. The van der Waals surface area contributed by atoms with Crippen LogP contribution in [0.25, 0.3) is 0 Å². The summed E-state index contributed by atoms with van der Waals surface area (Å²) in [6, 6.07) is 0.736. The van der Waals surface area contributed by atoms with Crippen molar-refractivity contribution in [2.45, 2.75) is 44.1 Å². The van der Waals surface area contributed by atoms with Crippen molar-refractivity contribution in [2.24, 2.45) is 0 Å². The van der Waals surface area contributed by atoms with Gasteiger partial charge >= 0.3 is 0 Å². The molecular weight excluding hydrogens is 186 g/mol. The van der Waals surface area contributed by atoms with Gasteiger partial charge in [0.15, 0.2) is 0 Å². The van der Waals surface area contributed by atoms with E-state index in [0.29, 0.717) is 5.41 Å². The number of hydrogen-bond donors (Lipinski definition) is 1. The zero-order valence-electron chi connectivity index (χ0n) is 9.37. The quantitative estimate of drug-likeness (QED) is 0.798. The molecule has 0 aromatic carbocycles. The zero-order valence-corrected chi connectivity index (χ0v) is 9.37. The second-order valence-corrected chi connectivity index (χ2v) is 5.26. The van der Waals surface area contributed by atoms with Gasteiger partial charge in [-0.25, -0.2) is 4.98 Å². The highest BCUT2D eigenvalue weighted by Crippen LogP contribution is 2.37. The molecule has 15 heavy (non-hydrogen) atoms. The van der Waals surface area contributed by atoms with Gasteiger partial charge in [-0.05, 0) is 32.2 Å². The second-order valence-electron chi connectivity index (χ2n) is 5.26. The maximum Gasteiger partial charge on any atom is 0.0950 e. The molecule has 1 atom stereocenters. The van der Waals surface area contributed by atoms with Gasteiger partial charge in [-0.2, -0.15) is 0 Å². The molecule has 1 aromatic rings. The third kappa shape index (κ3) is 1.41. The van der Waals surface area contributed by atoms with E-state index in [1.165, 1.54) is 31.4 Å². The van der Waals surface area contributed by atoms with Crippen LogP contribution in [-0.4, -0.2) is 22.6 Å². The highest BCUT2D eigenvalue weighted by molar-refractivity contribution is 5.18. The maximum absolute atomic E-state index is 4.35. The molecule has 3 rings (SSSR count). The van der Waals surface area contributed by atoms with Crippen molar-refractivity contribution < 1.29 is 0 Å². The van der Waals surface area contributed by atoms with E-state index in [1.54, 1.807) is 0 Å². The fourth-order valence-electron chi connectivity index (χ4n) is 2.76.